The quantitative estimate of drug-likeness (QED) is 0.569. The molecule has 2 rings (SSSR count). The molecule has 2 N–H and O–H groups in total. The smallest absolute Gasteiger partial charge is 0.193 e. The van der Waals surface area contributed by atoms with E-state index in [0.29, 0.717) is 24.9 Å². The molecule has 0 spiro atoms. The summed E-state index contributed by atoms with van der Waals surface area (Å²) in [6.07, 6.45) is 1.64. The molecule has 0 amide bonds. The van der Waals surface area contributed by atoms with Crippen molar-refractivity contribution in [2.75, 3.05) is 7.05 Å². The van der Waals surface area contributed by atoms with Crippen LogP contribution in [0.2, 0.25) is 0 Å². The Labute approximate surface area is 104 Å². The lowest BCUT2D eigenvalue weighted by molar-refractivity contribution is 0.501. The predicted molar refractivity (Wildman–Crippen MR) is 64.5 cm³/mol. The summed E-state index contributed by atoms with van der Waals surface area (Å²) in [7, 11) is 3.42. The van der Waals surface area contributed by atoms with Crippen molar-refractivity contribution < 1.29 is 4.42 Å². The Morgan fingerprint density at radius 3 is 2.89 bits per heavy atom. The minimum Gasteiger partial charge on any atom is -0.467 e. The van der Waals surface area contributed by atoms with E-state index < -0.39 is 0 Å². The molecular weight excluding hydrogens is 234 g/mol. The summed E-state index contributed by atoms with van der Waals surface area (Å²) in [5.41, 5.74) is 0. The Morgan fingerprint density at radius 1 is 1.44 bits per heavy atom. The summed E-state index contributed by atoms with van der Waals surface area (Å²) < 4.78 is 5.21. The number of aromatic nitrogens is 4. The monoisotopic (exact) mass is 249 g/mol. The van der Waals surface area contributed by atoms with Gasteiger partial charge in [0.25, 0.3) is 0 Å². The van der Waals surface area contributed by atoms with Crippen LogP contribution in [0.4, 0.5) is 0 Å². The van der Waals surface area contributed by atoms with Gasteiger partial charge in [-0.25, -0.2) is 0 Å². The van der Waals surface area contributed by atoms with E-state index in [1.807, 2.05) is 12.1 Å². The van der Waals surface area contributed by atoms with E-state index in [9.17, 15) is 0 Å². The van der Waals surface area contributed by atoms with Crippen LogP contribution in [0.15, 0.2) is 27.8 Å². The molecule has 18 heavy (non-hydrogen) atoms. The molecule has 96 valence electrons. The van der Waals surface area contributed by atoms with Gasteiger partial charge >= 0.3 is 0 Å². The number of nitrogens with zero attached hydrogens (tertiary/aromatic N) is 5. The maximum absolute atomic E-state index is 5.21. The molecule has 2 aromatic rings. The molecule has 0 unspecified atom stereocenters. The minimum atomic E-state index is 0.464. The van der Waals surface area contributed by atoms with Crippen LogP contribution in [0.1, 0.15) is 11.6 Å². The van der Waals surface area contributed by atoms with Crippen LogP contribution in [-0.2, 0) is 20.1 Å². The van der Waals surface area contributed by atoms with Gasteiger partial charge in [0.1, 0.15) is 5.76 Å². The molecule has 0 saturated heterocycles. The molecule has 0 aliphatic carbocycles. The maximum atomic E-state index is 5.21. The summed E-state index contributed by atoms with van der Waals surface area (Å²) in [6.45, 7) is 1.03. The van der Waals surface area contributed by atoms with Crippen molar-refractivity contribution in [1.29, 1.82) is 0 Å². The third-order valence-electron chi connectivity index (χ3n) is 2.20. The molecule has 0 aliphatic rings. The molecule has 2 aromatic heterocycles. The van der Waals surface area contributed by atoms with E-state index >= 15 is 0 Å². The number of tetrazole rings is 1. The topological polar surface area (TPSA) is 93.2 Å². The molecule has 0 aromatic carbocycles. The second-order valence-corrected chi connectivity index (χ2v) is 3.55. The molecular formula is C10H15N7O. The Balaban J connectivity index is 1.79. The molecule has 0 radical (unpaired) electrons. The first-order chi connectivity index (χ1) is 8.78. The van der Waals surface area contributed by atoms with Gasteiger partial charge in [-0.15, -0.1) is 10.2 Å². The van der Waals surface area contributed by atoms with Gasteiger partial charge in [0.05, 0.1) is 26.4 Å². The molecule has 0 fully saturated rings. The zero-order valence-electron chi connectivity index (χ0n) is 10.3. The summed E-state index contributed by atoms with van der Waals surface area (Å²) >= 11 is 0. The number of furan rings is 1. The maximum Gasteiger partial charge on any atom is 0.193 e. The van der Waals surface area contributed by atoms with Gasteiger partial charge in [-0.05, 0) is 17.3 Å². The van der Waals surface area contributed by atoms with Gasteiger partial charge in [-0.1, -0.05) is 0 Å². The molecule has 0 atom stereocenters. The van der Waals surface area contributed by atoms with Crippen LogP contribution in [0.25, 0.3) is 0 Å². The molecule has 2 heterocycles. The molecule has 8 heteroatoms. The number of hydrogen-bond acceptors (Lipinski definition) is 5. The number of aliphatic imine (C=N–C) groups is 1. The summed E-state index contributed by atoms with van der Waals surface area (Å²) in [6, 6.07) is 3.74. The average molecular weight is 249 g/mol. The third kappa shape index (κ3) is 3.30. The first-order valence-corrected chi connectivity index (χ1v) is 5.47. The average Bonchev–Trinajstić information content (AvgIpc) is 3.01. The van der Waals surface area contributed by atoms with Crippen LogP contribution >= 0.6 is 0 Å². The highest BCUT2D eigenvalue weighted by atomic mass is 16.3. The highest BCUT2D eigenvalue weighted by molar-refractivity contribution is 5.79. The van der Waals surface area contributed by atoms with Gasteiger partial charge < -0.3 is 15.1 Å². The Bertz CT molecular complexity index is 502. The Kier molecular flexibility index (Phi) is 3.90. The molecule has 8 nitrogen and oxygen atoms in total. The van der Waals surface area contributed by atoms with E-state index in [-0.39, 0.29) is 0 Å². The van der Waals surface area contributed by atoms with Gasteiger partial charge in [0.15, 0.2) is 11.8 Å². The van der Waals surface area contributed by atoms with Crippen molar-refractivity contribution in [1.82, 2.24) is 30.8 Å². The molecule has 0 aliphatic heterocycles. The Hall–Kier alpha value is -2.38. The van der Waals surface area contributed by atoms with Crippen molar-refractivity contribution in [2.24, 2.45) is 12.0 Å². The van der Waals surface area contributed by atoms with Gasteiger partial charge in [0, 0.05) is 7.05 Å². The SMILES string of the molecule is CN=C(NCc1nnn(C)n1)NCc1ccco1. The van der Waals surface area contributed by atoms with E-state index in [0.717, 1.165) is 5.76 Å². The van der Waals surface area contributed by atoms with Gasteiger partial charge in [0.2, 0.25) is 0 Å². The lowest BCUT2D eigenvalue weighted by Crippen LogP contribution is -2.36. The predicted octanol–water partition coefficient (Wildman–Crippen LogP) is -0.332. The fourth-order valence-corrected chi connectivity index (χ4v) is 1.36. The fourth-order valence-electron chi connectivity index (χ4n) is 1.36. The van der Waals surface area contributed by atoms with Crippen molar-refractivity contribution in [3.05, 3.63) is 30.0 Å². The molecule has 0 bridgehead atoms. The number of nitrogens with one attached hydrogen (secondary N) is 2. The zero-order chi connectivity index (χ0) is 12.8. The normalized spacial score (nSPS) is 11.6. The first-order valence-electron chi connectivity index (χ1n) is 5.47. The highest BCUT2D eigenvalue weighted by Gasteiger charge is 2.03. The standard InChI is InChI=1S/C10H15N7O/c1-11-10(12-6-8-4-3-5-18-8)13-7-9-14-16-17(2)15-9/h3-5H,6-7H2,1-2H3,(H2,11,12,13). The molecule has 0 saturated carbocycles. The van der Waals surface area contributed by atoms with Crippen LogP contribution < -0.4 is 10.6 Å². The van der Waals surface area contributed by atoms with Gasteiger partial charge in [-0.2, -0.15) is 4.80 Å². The second kappa shape index (κ2) is 5.80. The number of aryl methyl sites for hydroxylation is 1. The second-order valence-electron chi connectivity index (χ2n) is 3.55. The van der Waals surface area contributed by atoms with E-state index in [2.05, 4.69) is 31.0 Å². The van der Waals surface area contributed by atoms with Crippen molar-refractivity contribution in [2.45, 2.75) is 13.1 Å². The summed E-state index contributed by atoms with van der Waals surface area (Å²) in [5, 5.41) is 17.9. The third-order valence-corrected chi connectivity index (χ3v) is 2.20. The van der Waals surface area contributed by atoms with Gasteiger partial charge in [-0.3, -0.25) is 4.99 Å². The number of guanidine groups is 1. The first kappa shape index (κ1) is 12.1. The highest BCUT2D eigenvalue weighted by Crippen LogP contribution is 1.98. The van der Waals surface area contributed by atoms with Crippen LogP contribution in [-0.4, -0.2) is 33.2 Å². The fraction of sp³-hybridized carbons (Fsp3) is 0.400. The van der Waals surface area contributed by atoms with E-state index in [1.54, 1.807) is 20.4 Å². The van der Waals surface area contributed by atoms with E-state index in [4.69, 9.17) is 4.42 Å². The summed E-state index contributed by atoms with van der Waals surface area (Å²) in [4.78, 5) is 5.49. The van der Waals surface area contributed by atoms with Crippen molar-refractivity contribution in [3.8, 4) is 0 Å². The Morgan fingerprint density at radius 2 is 2.28 bits per heavy atom. The van der Waals surface area contributed by atoms with Crippen molar-refractivity contribution in [3.63, 3.8) is 0 Å². The van der Waals surface area contributed by atoms with E-state index in [1.165, 1.54) is 4.80 Å². The lowest BCUT2D eigenvalue weighted by Gasteiger charge is -2.08. The van der Waals surface area contributed by atoms with Crippen LogP contribution in [0.3, 0.4) is 0 Å². The lowest BCUT2D eigenvalue weighted by atomic mass is 10.4. The summed E-state index contributed by atoms with van der Waals surface area (Å²) in [5.74, 6) is 2.10. The number of hydrogen-bond donors (Lipinski definition) is 2. The minimum absolute atomic E-state index is 0.464. The van der Waals surface area contributed by atoms with Crippen molar-refractivity contribution >= 4 is 5.96 Å². The van der Waals surface area contributed by atoms with Crippen LogP contribution in [0, 0.1) is 0 Å². The van der Waals surface area contributed by atoms with Crippen LogP contribution in [0.5, 0.6) is 0 Å². The zero-order valence-corrected chi connectivity index (χ0v) is 10.3. The largest absolute Gasteiger partial charge is 0.467 e. The number of rotatable bonds is 4.